The van der Waals surface area contributed by atoms with E-state index in [4.69, 9.17) is 4.74 Å². The van der Waals surface area contributed by atoms with E-state index in [2.05, 4.69) is 47.5 Å². The van der Waals surface area contributed by atoms with Gasteiger partial charge in [0.05, 0.1) is 6.54 Å². The number of carbonyl (C=O) groups excluding carboxylic acids is 1. The first kappa shape index (κ1) is 20.4. The molecule has 1 fully saturated rings. The molecule has 3 aromatic rings. The van der Waals surface area contributed by atoms with Crippen molar-refractivity contribution in [1.29, 1.82) is 0 Å². The molecule has 3 aromatic carbocycles. The first-order valence-electron chi connectivity index (χ1n) is 10.9. The Morgan fingerprint density at radius 3 is 2.50 bits per heavy atom. The number of nitrogens with one attached hydrogen (secondary N) is 1. The van der Waals surface area contributed by atoms with Crippen LogP contribution in [-0.4, -0.2) is 37.0 Å². The van der Waals surface area contributed by atoms with Crippen LogP contribution in [-0.2, 0) is 6.54 Å². The summed E-state index contributed by atoms with van der Waals surface area (Å²) in [6.45, 7) is 6.54. The van der Waals surface area contributed by atoms with Crippen molar-refractivity contribution in [3.63, 3.8) is 0 Å². The van der Waals surface area contributed by atoms with E-state index < -0.39 is 0 Å². The highest BCUT2D eigenvalue weighted by Crippen LogP contribution is 2.20. The summed E-state index contributed by atoms with van der Waals surface area (Å²) < 4.78 is 5.79. The zero-order valence-electron chi connectivity index (χ0n) is 17.6. The maximum Gasteiger partial charge on any atom is 0.251 e. The van der Waals surface area contributed by atoms with Gasteiger partial charge >= 0.3 is 0 Å². The molecule has 0 aliphatic carbocycles. The van der Waals surface area contributed by atoms with Gasteiger partial charge in [0, 0.05) is 12.1 Å². The van der Waals surface area contributed by atoms with Crippen LogP contribution < -0.4 is 10.1 Å². The number of ether oxygens (including phenoxy) is 1. The van der Waals surface area contributed by atoms with E-state index in [0.717, 1.165) is 23.6 Å². The van der Waals surface area contributed by atoms with Crippen LogP contribution in [0.2, 0.25) is 0 Å². The Balaban J connectivity index is 1.21. The zero-order chi connectivity index (χ0) is 20.8. The van der Waals surface area contributed by atoms with Crippen molar-refractivity contribution in [2.45, 2.75) is 26.3 Å². The SMILES string of the molecule is CC1CCN(Cc2ccc(C(=O)NCCOc3ccc4ccccc4c3)cc2)CC1. The average molecular weight is 403 g/mol. The highest BCUT2D eigenvalue weighted by Gasteiger charge is 2.15. The van der Waals surface area contributed by atoms with Crippen LogP contribution in [0.3, 0.4) is 0 Å². The van der Waals surface area contributed by atoms with Gasteiger partial charge in [-0.05, 0) is 72.5 Å². The fourth-order valence-corrected chi connectivity index (χ4v) is 3.93. The van der Waals surface area contributed by atoms with Crippen LogP contribution >= 0.6 is 0 Å². The summed E-state index contributed by atoms with van der Waals surface area (Å²) in [6, 6.07) is 22.2. The van der Waals surface area contributed by atoms with E-state index in [1.807, 2.05) is 36.4 Å². The van der Waals surface area contributed by atoms with Crippen LogP contribution in [0.4, 0.5) is 0 Å². The number of hydrogen-bond acceptors (Lipinski definition) is 3. The lowest BCUT2D eigenvalue weighted by Gasteiger charge is -2.30. The molecule has 1 N–H and O–H groups in total. The van der Waals surface area contributed by atoms with Crippen molar-refractivity contribution in [3.8, 4) is 5.75 Å². The molecule has 0 spiro atoms. The monoisotopic (exact) mass is 402 g/mol. The normalized spacial score (nSPS) is 15.2. The van der Waals surface area contributed by atoms with E-state index in [9.17, 15) is 4.79 Å². The Labute approximate surface area is 178 Å². The van der Waals surface area contributed by atoms with Crippen molar-refractivity contribution >= 4 is 16.7 Å². The molecule has 4 nitrogen and oxygen atoms in total. The molecule has 0 unspecified atom stereocenters. The molecule has 1 saturated heterocycles. The summed E-state index contributed by atoms with van der Waals surface area (Å²) in [7, 11) is 0. The Kier molecular flexibility index (Phi) is 6.65. The Hall–Kier alpha value is -2.85. The van der Waals surface area contributed by atoms with Crippen molar-refractivity contribution in [2.75, 3.05) is 26.2 Å². The minimum Gasteiger partial charge on any atom is -0.492 e. The van der Waals surface area contributed by atoms with Gasteiger partial charge in [-0.3, -0.25) is 9.69 Å². The summed E-state index contributed by atoms with van der Waals surface area (Å²) in [4.78, 5) is 14.9. The second kappa shape index (κ2) is 9.77. The number of nitrogens with zero attached hydrogens (tertiary/aromatic N) is 1. The number of benzene rings is 3. The average Bonchev–Trinajstić information content (AvgIpc) is 2.78. The lowest BCUT2D eigenvalue weighted by Crippen LogP contribution is -2.32. The van der Waals surface area contributed by atoms with Gasteiger partial charge in [-0.2, -0.15) is 0 Å². The molecule has 156 valence electrons. The minimum absolute atomic E-state index is 0.0598. The first-order chi connectivity index (χ1) is 14.7. The second-order valence-corrected chi connectivity index (χ2v) is 8.27. The molecular formula is C26H30N2O2. The standard InChI is InChI=1S/C26H30N2O2/c1-20-12-15-28(16-13-20)19-21-6-8-23(9-7-21)26(29)27-14-17-30-25-11-10-22-4-2-3-5-24(22)18-25/h2-11,18,20H,12-17,19H2,1H3,(H,27,29). The zero-order valence-corrected chi connectivity index (χ0v) is 17.6. The van der Waals surface area contributed by atoms with E-state index in [-0.39, 0.29) is 5.91 Å². The number of carbonyl (C=O) groups is 1. The quantitative estimate of drug-likeness (QED) is 0.573. The molecule has 0 atom stereocenters. The Bertz CT molecular complexity index is 976. The van der Waals surface area contributed by atoms with Crippen molar-refractivity contribution < 1.29 is 9.53 Å². The highest BCUT2D eigenvalue weighted by atomic mass is 16.5. The van der Waals surface area contributed by atoms with Gasteiger partial charge in [0.2, 0.25) is 0 Å². The number of hydrogen-bond donors (Lipinski definition) is 1. The van der Waals surface area contributed by atoms with Crippen molar-refractivity contribution in [1.82, 2.24) is 10.2 Å². The predicted molar refractivity (Wildman–Crippen MR) is 122 cm³/mol. The molecule has 0 bridgehead atoms. The summed E-state index contributed by atoms with van der Waals surface area (Å²) >= 11 is 0. The highest BCUT2D eigenvalue weighted by molar-refractivity contribution is 5.94. The van der Waals surface area contributed by atoms with Gasteiger partial charge < -0.3 is 10.1 Å². The summed E-state index contributed by atoms with van der Waals surface area (Å²) in [5.74, 6) is 1.60. The van der Waals surface area contributed by atoms with Gasteiger partial charge in [-0.25, -0.2) is 0 Å². The minimum atomic E-state index is -0.0598. The molecule has 0 aromatic heterocycles. The van der Waals surface area contributed by atoms with Crippen LogP contribution in [0.5, 0.6) is 5.75 Å². The lowest BCUT2D eigenvalue weighted by atomic mass is 9.99. The van der Waals surface area contributed by atoms with E-state index in [1.54, 1.807) is 0 Å². The van der Waals surface area contributed by atoms with Gasteiger partial charge in [0.1, 0.15) is 12.4 Å². The summed E-state index contributed by atoms with van der Waals surface area (Å²) in [6.07, 6.45) is 2.56. The first-order valence-corrected chi connectivity index (χ1v) is 10.9. The predicted octanol–water partition coefficient (Wildman–Crippen LogP) is 4.88. The fraction of sp³-hybridized carbons (Fsp3) is 0.346. The van der Waals surface area contributed by atoms with Crippen LogP contribution in [0.25, 0.3) is 10.8 Å². The van der Waals surface area contributed by atoms with Gasteiger partial charge in [0.15, 0.2) is 0 Å². The fourth-order valence-electron chi connectivity index (χ4n) is 3.93. The molecule has 1 amide bonds. The summed E-state index contributed by atoms with van der Waals surface area (Å²) in [5, 5.41) is 5.28. The Morgan fingerprint density at radius 1 is 1.00 bits per heavy atom. The molecular weight excluding hydrogens is 372 g/mol. The van der Waals surface area contributed by atoms with Gasteiger partial charge in [-0.15, -0.1) is 0 Å². The maximum atomic E-state index is 12.4. The molecule has 4 heteroatoms. The molecule has 4 rings (SSSR count). The largest absolute Gasteiger partial charge is 0.492 e. The van der Waals surface area contributed by atoms with Gasteiger partial charge in [0.25, 0.3) is 5.91 Å². The number of piperidine rings is 1. The molecule has 1 aliphatic rings. The van der Waals surface area contributed by atoms with E-state index >= 15 is 0 Å². The van der Waals surface area contributed by atoms with Crippen LogP contribution in [0.1, 0.15) is 35.7 Å². The molecule has 1 heterocycles. The van der Waals surface area contributed by atoms with Crippen molar-refractivity contribution in [2.24, 2.45) is 5.92 Å². The number of likely N-dealkylation sites (tertiary alicyclic amines) is 1. The third-order valence-electron chi connectivity index (χ3n) is 5.88. The molecule has 1 aliphatic heterocycles. The topological polar surface area (TPSA) is 41.6 Å². The lowest BCUT2D eigenvalue weighted by molar-refractivity contribution is 0.0947. The maximum absolute atomic E-state index is 12.4. The van der Waals surface area contributed by atoms with Gasteiger partial charge in [-0.1, -0.05) is 49.4 Å². The Morgan fingerprint density at radius 2 is 1.73 bits per heavy atom. The number of rotatable bonds is 7. The molecule has 30 heavy (non-hydrogen) atoms. The third-order valence-corrected chi connectivity index (χ3v) is 5.88. The van der Waals surface area contributed by atoms with Crippen LogP contribution in [0.15, 0.2) is 66.7 Å². The van der Waals surface area contributed by atoms with E-state index in [0.29, 0.717) is 18.7 Å². The third kappa shape index (κ3) is 5.39. The van der Waals surface area contributed by atoms with Crippen molar-refractivity contribution in [3.05, 3.63) is 77.9 Å². The van der Waals surface area contributed by atoms with Crippen LogP contribution in [0, 0.1) is 5.92 Å². The molecule has 0 radical (unpaired) electrons. The smallest absolute Gasteiger partial charge is 0.251 e. The number of fused-ring (bicyclic) bond motifs is 1. The number of amides is 1. The second-order valence-electron chi connectivity index (χ2n) is 8.27. The molecule has 0 saturated carbocycles. The summed E-state index contributed by atoms with van der Waals surface area (Å²) in [5.41, 5.74) is 1.96. The van der Waals surface area contributed by atoms with E-state index in [1.165, 1.54) is 36.9 Å².